The van der Waals surface area contributed by atoms with Gasteiger partial charge in [0, 0.05) is 30.0 Å². The van der Waals surface area contributed by atoms with Crippen LogP contribution < -0.4 is 16.0 Å². The third kappa shape index (κ3) is 6.20. The Balaban J connectivity index is 1.53. The van der Waals surface area contributed by atoms with Crippen molar-refractivity contribution in [2.24, 2.45) is 0 Å². The third-order valence-electron chi connectivity index (χ3n) is 4.61. The Kier molecular flexibility index (Phi) is 7.19. The molecular weight excluding hydrogens is 352 g/mol. The summed E-state index contributed by atoms with van der Waals surface area (Å²) in [6.07, 6.45) is 5.48. The maximum absolute atomic E-state index is 12.2. The molecule has 1 aromatic heterocycles. The van der Waals surface area contributed by atoms with E-state index in [4.69, 9.17) is 0 Å². The fourth-order valence-corrected chi connectivity index (χ4v) is 3.26. The van der Waals surface area contributed by atoms with E-state index in [-0.39, 0.29) is 11.9 Å². The zero-order valence-electron chi connectivity index (χ0n) is 16.7. The van der Waals surface area contributed by atoms with Crippen LogP contribution in [-0.2, 0) is 0 Å². The minimum atomic E-state index is -0.0898. The lowest BCUT2D eigenvalue weighted by atomic mass is 10.2. The topological polar surface area (TPSA) is 82.2 Å². The number of anilines is 3. The van der Waals surface area contributed by atoms with Crippen LogP contribution in [0.2, 0.25) is 0 Å². The molecule has 1 amide bonds. The quantitative estimate of drug-likeness (QED) is 0.578. The first kappa shape index (κ1) is 20.1. The summed E-state index contributed by atoms with van der Waals surface area (Å²) in [6, 6.07) is 9.30. The molecule has 150 valence electrons. The fraction of sp³-hybridized carbons (Fsp3) is 0.476. The van der Waals surface area contributed by atoms with E-state index in [0.29, 0.717) is 11.5 Å². The highest BCUT2D eigenvalue weighted by Crippen LogP contribution is 2.16. The zero-order chi connectivity index (χ0) is 19.8. The van der Waals surface area contributed by atoms with Gasteiger partial charge in [-0.3, -0.25) is 4.79 Å². The zero-order valence-corrected chi connectivity index (χ0v) is 16.7. The van der Waals surface area contributed by atoms with Crippen molar-refractivity contribution in [3.8, 4) is 0 Å². The van der Waals surface area contributed by atoms with Crippen LogP contribution in [0.1, 0.15) is 43.5 Å². The predicted octanol–water partition coefficient (Wildman–Crippen LogP) is 3.26. The number of likely N-dealkylation sites (tertiary alicyclic amines) is 1. The van der Waals surface area contributed by atoms with E-state index < -0.39 is 0 Å². The molecule has 1 saturated heterocycles. The van der Waals surface area contributed by atoms with Gasteiger partial charge in [-0.25, -0.2) is 4.98 Å². The van der Waals surface area contributed by atoms with Gasteiger partial charge < -0.3 is 20.9 Å². The molecule has 0 saturated carbocycles. The maximum atomic E-state index is 12.2. The second kappa shape index (κ2) is 10.0. The monoisotopic (exact) mass is 382 g/mol. The number of rotatable bonds is 9. The van der Waals surface area contributed by atoms with Crippen molar-refractivity contribution in [3.05, 3.63) is 42.1 Å². The highest BCUT2D eigenvalue weighted by atomic mass is 16.1. The summed E-state index contributed by atoms with van der Waals surface area (Å²) < 4.78 is 0. The summed E-state index contributed by atoms with van der Waals surface area (Å²) in [7, 11) is 0. The Hall–Kier alpha value is -2.67. The largest absolute Gasteiger partial charge is 0.370 e. The molecule has 0 spiro atoms. The molecule has 1 fully saturated rings. The van der Waals surface area contributed by atoms with E-state index in [9.17, 15) is 4.79 Å². The van der Waals surface area contributed by atoms with Crippen LogP contribution in [0.4, 0.5) is 17.5 Å². The number of hydrogen-bond donors (Lipinski definition) is 3. The number of nitrogens with one attached hydrogen (secondary N) is 3. The molecule has 1 aliphatic heterocycles. The van der Waals surface area contributed by atoms with Crippen molar-refractivity contribution in [1.29, 1.82) is 0 Å². The standard InChI is InChI=1S/C21H30N6O/c1-16(2)24-20(28)17-7-5-8-18(15-17)25-21-23-11-9-19(26-21)22-10-6-14-27-12-3-4-13-27/h5,7-9,11,15-16H,3-4,6,10,12-14H2,1-2H3,(H,24,28)(H2,22,23,25,26). The molecular formula is C21H30N6O. The Morgan fingerprint density at radius 1 is 1.21 bits per heavy atom. The van der Waals surface area contributed by atoms with Crippen molar-refractivity contribution >= 4 is 23.4 Å². The molecule has 7 nitrogen and oxygen atoms in total. The summed E-state index contributed by atoms with van der Waals surface area (Å²) in [4.78, 5) is 23.5. The van der Waals surface area contributed by atoms with Crippen LogP contribution in [0.25, 0.3) is 0 Å². The minimum absolute atomic E-state index is 0.0898. The van der Waals surface area contributed by atoms with Gasteiger partial charge in [-0.05, 0) is 77.0 Å². The second-order valence-corrected chi connectivity index (χ2v) is 7.43. The van der Waals surface area contributed by atoms with Gasteiger partial charge in [-0.2, -0.15) is 4.98 Å². The van der Waals surface area contributed by atoms with Gasteiger partial charge in [0.25, 0.3) is 5.91 Å². The van der Waals surface area contributed by atoms with Gasteiger partial charge >= 0.3 is 0 Å². The van der Waals surface area contributed by atoms with E-state index >= 15 is 0 Å². The number of carbonyl (C=O) groups excluding carboxylic acids is 1. The lowest BCUT2D eigenvalue weighted by molar-refractivity contribution is 0.0943. The Morgan fingerprint density at radius 3 is 2.82 bits per heavy atom. The third-order valence-corrected chi connectivity index (χ3v) is 4.61. The predicted molar refractivity (Wildman–Crippen MR) is 113 cm³/mol. The van der Waals surface area contributed by atoms with Crippen molar-refractivity contribution in [3.63, 3.8) is 0 Å². The van der Waals surface area contributed by atoms with E-state index in [2.05, 4.69) is 30.8 Å². The summed E-state index contributed by atoms with van der Waals surface area (Å²) in [5, 5.41) is 9.44. The number of aromatic nitrogens is 2. The normalized spacial score (nSPS) is 14.2. The molecule has 0 bridgehead atoms. The van der Waals surface area contributed by atoms with Crippen molar-refractivity contribution < 1.29 is 4.79 Å². The van der Waals surface area contributed by atoms with Gasteiger partial charge in [-0.1, -0.05) is 6.07 Å². The highest BCUT2D eigenvalue weighted by molar-refractivity contribution is 5.95. The number of benzene rings is 1. The van der Waals surface area contributed by atoms with Crippen LogP contribution in [0.3, 0.4) is 0 Å². The molecule has 1 aromatic carbocycles. The smallest absolute Gasteiger partial charge is 0.251 e. The summed E-state index contributed by atoms with van der Waals surface area (Å²) >= 11 is 0. The molecule has 0 aliphatic carbocycles. The molecule has 0 atom stereocenters. The van der Waals surface area contributed by atoms with Crippen LogP contribution in [-0.4, -0.2) is 53.0 Å². The molecule has 0 radical (unpaired) electrons. The van der Waals surface area contributed by atoms with Crippen LogP contribution in [0, 0.1) is 0 Å². The molecule has 3 N–H and O–H groups in total. The molecule has 0 unspecified atom stereocenters. The fourth-order valence-electron chi connectivity index (χ4n) is 3.26. The number of nitrogens with zero attached hydrogens (tertiary/aromatic N) is 3. The Morgan fingerprint density at radius 2 is 2.04 bits per heavy atom. The number of hydrogen-bond acceptors (Lipinski definition) is 6. The molecule has 2 aromatic rings. The first-order valence-corrected chi connectivity index (χ1v) is 10.1. The van der Waals surface area contributed by atoms with E-state index in [0.717, 1.165) is 31.0 Å². The van der Waals surface area contributed by atoms with Gasteiger partial charge in [0.05, 0.1) is 0 Å². The first-order valence-electron chi connectivity index (χ1n) is 10.1. The molecule has 7 heteroatoms. The summed E-state index contributed by atoms with van der Waals surface area (Å²) in [6.45, 7) is 8.37. The minimum Gasteiger partial charge on any atom is -0.370 e. The number of carbonyl (C=O) groups is 1. The maximum Gasteiger partial charge on any atom is 0.251 e. The Bertz CT molecular complexity index is 773. The molecule has 2 heterocycles. The van der Waals surface area contributed by atoms with Gasteiger partial charge in [0.1, 0.15) is 5.82 Å². The van der Waals surface area contributed by atoms with Crippen LogP contribution >= 0.6 is 0 Å². The van der Waals surface area contributed by atoms with Crippen molar-refractivity contribution in [2.75, 3.05) is 36.8 Å². The second-order valence-electron chi connectivity index (χ2n) is 7.43. The lowest BCUT2D eigenvalue weighted by Crippen LogP contribution is -2.30. The number of amides is 1. The summed E-state index contributed by atoms with van der Waals surface area (Å²) in [5.41, 5.74) is 1.39. The van der Waals surface area contributed by atoms with E-state index in [1.54, 1.807) is 18.3 Å². The first-order chi connectivity index (χ1) is 13.6. The van der Waals surface area contributed by atoms with Crippen molar-refractivity contribution in [2.45, 2.75) is 39.2 Å². The highest BCUT2D eigenvalue weighted by Gasteiger charge is 2.10. The van der Waals surface area contributed by atoms with Crippen molar-refractivity contribution in [1.82, 2.24) is 20.2 Å². The van der Waals surface area contributed by atoms with Crippen LogP contribution in [0.15, 0.2) is 36.5 Å². The molecule has 1 aliphatic rings. The van der Waals surface area contributed by atoms with E-state index in [1.165, 1.54) is 25.9 Å². The van der Waals surface area contributed by atoms with Gasteiger partial charge in [0.2, 0.25) is 5.95 Å². The average Bonchev–Trinajstić information content (AvgIpc) is 3.19. The summed E-state index contributed by atoms with van der Waals surface area (Å²) in [5.74, 6) is 1.21. The SMILES string of the molecule is CC(C)NC(=O)c1cccc(Nc2nccc(NCCCN3CCCC3)n2)c1. The van der Waals surface area contributed by atoms with E-state index in [1.807, 2.05) is 32.0 Å². The van der Waals surface area contributed by atoms with Gasteiger partial charge in [0.15, 0.2) is 0 Å². The lowest BCUT2D eigenvalue weighted by Gasteiger charge is -2.14. The molecule has 3 rings (SSSR count). The van der Waals surface area contributed by atoms with Gasteiger partial charge in [-0.15, -0.1) is 0 Å². The Labute approximate surface area is 167 Å². The average molecular weight is 383 g/mol. The molecule has 28 heavy (non-hydrogen) atoms. The van der Waals surface area contributed by atoms with Crippen LogP contribution in [0.5, 0.6) is 0 Å².